The Bertz CT molecular complexity index is 987. The maximum absolute atomic E-state index is 11.7. The molecule has 1 aromatic rings. The Kier molecular flexibility index (Phi) is 34.5. The van der Waals surface area contributed by atoms with Crippen molar-refractivity contribution in [2.75, 3.05) is 152 Å². The van der Waals surface area contributed by atoms with Gasteiger partial charge in [-0.2, -0.15) is 0 Å². The zero-order valence-electron chi connectivity index (χ0n) is 29.5. The molecule has 0 bridgehead atoms. The molecule has 0 radical (unpaired) electrons. The number of nitro benzene ring substituents is 1. The number of carbonyl (C=O) groups is 1. The molecule has 1 aromatic carbocycles. The Morgan fingerprint density at radius 1 is 0.700 bits per heavy atom. The van der Waals surface area contributed by atoms with Crippen LogP contribution in [0.2, 0.25) is 0 Å². The quantitative estimate of drug-likeness (QED) is 0.0265. The van der Waals surface area contributed by atoms with E-state index in [1.165, 1.54) is 24.3 Å². The number of nitrogens with one attached hydrogen (secondary N) is 1. The first-order valence-corrected chi connectivity index (χ1v) is 15.9. The molecular formula is C30H52FN5O14. The summed E-state index contributed by atoms with van der Waals surface area (Å²) < 4.78 is 74.5. The van der Waals surface area contributed by atoms with E-state index in [0.29, 0.717) is 132 Å². The molecule has 0 aliphatic carbocycles. The van der Waals surface area contributed by atoms with Crippen LogP contribution in [0.3, 0.4) is 0 Å². The number of nitrogens with zero attached hydrogens (tertiary/aromatic N) is 4. The number of azide groups is 1. The number of nitro groups is 1. The van der Waals surface area contributed by atoms with Crippen molar-refractivity contribution in [1.29, 1.82) is 0 Å². The molecule has 0 saturated heterocycles. The van der Waals surface area contributed by atoms with Gasteiger partial charge in [-0.15, -0.1) is 0 Å². The van der Waals surface area contributed by atoms with E-state index in [2.05, 4.69) is 15.3 Å². The maximum atomic E-state index is 11.7. The fourth-order valence-electron chi connectivity index (χ4n) is 3.24. The van der Waals surface area contributed by atoms with E-state index in [9.17, 15) is 19.3 Å². The molecule has 19 nitrogen and oxygen atoms in total. The van der Waals surface area contributed by atoms with Crippen molar-refractivity contribution in [2.24, 2.45) is 5.11 Å². The Morgan fingerprint density at radius 3 is 1.34 bits per heavy atom. The lowest BCUT2D eigenvalue weighted by Gasteiger charge is -2.09. The molecule has 0 aliphatic heterocycles. The lowest BCUT2D eigenvalue weighted by molar-refractivity contribution is -0.384. The second-order valence-corrected chi connectivity index (χ2v) is 9.15. The molecule has 1 rings (SSSR count). The van der Waals surface area contributed by atoms with Crippen molar-refractivity contribution >= 4 is 11.8 Å². The van der Waals surface area contributed by atoms with Gasteiger partial charge in [-0.1, -0.05) is 5.11 Å². The molecule has 0 fully saturated rings. The van der Waals surface area contributed by atoms with Crippen molar-refractivity contribution in [1.82, 2.24) is 5.32 Å². The molecular weight excluding hydrogens is 673 g/mol. The summed E-state index contributed by atoms with van der Waals surface area (Å²) in [5, 5.41) is 16.5. The summed E-state index contributed by atoms with van der Waals surface area (Å²) in [7, 11) is -1.00. The average Bonchev–Trinajstić information content (AvgIpc) is 3.12. The first-order chi connectivity index (χ1) is 25.0. The number of alkyl halides is 1. The van der Waals surface area contributed by atoms with Gasteiger partial charge >= 0.3 is 6.09 Å². The van der Waals surface area contributed by atoms with Crippen LogP contribution in [0, 0.1) is 10.1 Å². The molecule has 288 valence electrons. The lowest BCUT2D eigenvalue weighted by atomic mass is 10.3. The van der Waals surface area contributed by atoms with E-state index in [1.807, 2.05) is 0 Å². The first-order valence-electron chi connectivity index (χ1n) is 16.6. The Morgan fingerprint density at radius 2 is 1.02 bits per heavy atom. The van der Waals surface area contributed by atoms with Gasteiger partial charge < -0.3 is 57.4 Å². The third kappa shape index (κ3) is 33.2. The van der Waals surface area contributed by atoms with Crippen molar-refractivity contribution in [3.05, 3.63) is 44.8 Å². The standard InChI is InChI=1S/C29H49N5O14.CH3F/c30-33-32-6-8-39-10-12-41-14-16-43-18-20-45-22-24-47-26-25-46-23-21-44-19-17-42-15-13-40-11-9-38-7-5-31-29(35)48-28-3-1-27(2-4-28)34(36)37;1-2/h1-4H,5-26H2,(H,31,35);1H3/i;1D. The summed E-state index contributed by atoms with van der Waals surface area (Å²) >= 11 is 0. The summed E-state index contributed by atoms with van der Waals surface area (Å²) in [6.45, 7) is 9.31. The molecule has 0 spiro atoms. The van der Waals surface area contributed by atoms with Crippen molar-refractivity contribution in [3.63, 3.8) is 0 Å². The molecule has 0 aliphatic rings. The highest BCUT2D eigenvalue weighted by atomic mass is 19.1. The van der Waals surface area contributed by atoms with E-state index < -0.39 is 18.2 Å². The molecule has 0 saturated carbocycles. The number of carbonyl (C=O) groups excluding carboxylic acids is 1. The highest BCUT2D eigenvalue weighted by Crippen LogP contribution is 2.17. The molecule has 1 N–H and O–H groups in total. The second-order valence-electron chi connectivity index (χ2n) is 9.15. The van der Waals surface area contributed by atoms with Crippen LogP contribution in [0.25, 0.3) is 10.4 Å². The van der Waals surface area contributed by atoms with E-state index >= 15 is 0 Å². The number of hydrogen-bond acceptors (Lipinski definition) is 15. The SMILES string of the molecule is [2H]CF.[N-]=[N+]=NCCOCCOCCOCCOCCOCCOCCOCCOCCOCCOCCNC(=O)Oc1ccc([N+](=O)[O-])cc1. The first kappa shape index (κ1) is 44.8. The summed E-state index contributed by atoms with van der Waals surface area (Å²) in [6, 6.07) is 5.20. The molecule has 0 aromatic heterocycles. The number of amides is 1. The van der Waals surface area contributed by atoms with Crippen LogP contribution in [-0.2, 0) is 47.4 Å². The number of hydrogen-bond donors (Lipinski definition) is 1. The molecule has 0 heterocycles. The maximum Gasteiger partial charge on any atom is 0.412 e. The van der Waals surface area contributed by atoms with Crippen LogP contribution in [0.1, 0.15) is 1.37 Å². The Balaban J connectivity index is 0.00000802. The predicted molar refractivity (Wildman–Crippen MR) is 176 cm³/mol. The van der Waals surface area contributed by atoms with E-state index in [0.717, 1.165) is 0 Å². The van der Waals surface area contributed by atoms with Crippen LogP contribution in [0.15, 0.2) is 29.4 Å². The van der Waals surface area contributed by atoms with Gasteiger partial charge in [-0.3, -0.25) is 14.5 Å². The number of non-ortho nitro benzene ring substituents is 1. The normalized spacial score (nSPS) is 10.9. The average molecular weight is 727 g/mol. The number of halogens is 1. The van der Waals surface area contributed by atoms with Crippen molar-refractivity contribution in [3.8, 4) is 5.75 Å². The highest BCUT2D eigenvalue weighted by molar-refractivity contribution is 5.70. The zero-order chi connectivity index (χ0) is 37.3. The monoisotopic (exact) mass is 726 g/mol. The lowest BCUT2D eigenvalue weighted by Crippen LogP contribution is -2.30. The third-order valence-electron chi connectivity index (χ3n) is 5.52. The fraction of sp³-hybridized carbons (Fsp3) is 0.767. The van der Waals surface area contributed by atoms with Crippen LogP contribution in [0.4, 0.5) is 14.9 Å². The summed E-state index contributed by atoms with van der Waals surface area (Å²) in [4.78, 5) is 24.4. The van der Waals surface area contributed by atoms with E-state index in [4.69, 9.17) is 59.0 Å². The fourth-order valence-corrected chi connectivity index (χ4v) is 3.24. The predicted octanol–water partition coefficient (Wildman–Crippen LogP) is 2.75. The molecule has 0 unspecified atom stereocenters. The molecule has 20 heteroatoms. The van der Waals surface area contributed by atoms with Crippen molar-refractivity contribution < 1.29 is 67.6 Å². The second kappa shape index (κ2) is 38.5. The van der Waals surface area contributed by atoms with Gasteiger partial charge in [0.25, 0.3) is 5.69 Å². The molecule has 0 atom stereocenters. The minimum absolute atomic E-state index is 0.0882. The minimum Gasteiger partial charge on any atom is -0.410 e. The van der Waals surface area contributed by atoms with Crippen LogP contribution in [-0.4, -0.2) is 163 Å². The van der Waals surface area contributed by atoms with Crippen LogP contribution < -0.4 is 10.1 Å². The third-order valence-corrected chi connectivity index (χ3v) is 5.52. The van der Waals surface area contributed by atoms with Gasteiger partial charge in [0.05, 0.1) is 146 Å². The van der Waals surface area contributed by atoms with Gasteiger partial charge in [0.2, 0.25) is 0 Å². The van der Waals surface area contributed by atoms with Gasteiger partial charge in [-0.25, -0.2) is 4.79 Å². The number of ether oxygens (including phenoxy) is 11. The van der Waals surface area contributed by atoms with Crippen molar-refractivity contribution in [2.45, 2.75) is 0 Å². The van der Waals surface area contributed by atoms with Gasteiger partial charge in [-0.05, 0) is 17.7 Å². The summed E-state index contributed by atoms with van der Waals surface area (Å²) in [5.41, 5.74) is 8.04. The topological polar surface area (TPSA) is 223 Å². The number of benzene rings is 1. The smallest absolute Gasteiger partial charge is 0.410 e. The minimum atomic E-state index is -1.00. The van der Waals surface area contributed by atoms with Crippen LogP contribution in [0.5, 0.6) is 5.75 Å². The van der Waals surface area contributed by atoms with Gasteiger partial charge in [0, 0.05) is 30.1 Å². The Labute approximate surface area is 293 Å². The summed E-state index contributed by atoms with van der Waals surface area (Å²) in [6.07, 6.45) is -0.680. The molecule has 1 amide bonds. The van der Waals surface area contributed by atoms with Gasteiger partial charge in [0.15, 0.2) is 0 Å². The molecule has 50 heavy (non-hydrogen) atoms. The van der Waals surface area contributed by atoms with E-state index in [1.54, 1.807) is 0 Å². The van der Waals surface area contributed by atoms with E-state index in [-0.39, 0.29) is 24.6 Å². The highest BCUT2D eigenvalue weighted by Gasteiger charge is 2.07. The largest absolute Gasteiger partial charge is 0.412 e. The van der Waals surface area contributed by atoms with Crippen LogP contribution >= 0.6 is 0 Å². The number of rotatable bonds is 35. The summed E-state index contributed by atoms with van der Waals surface area (Å²) in [5.74, 6) is 0.200. The Hall–Kier alpha value is -3.27. The van der Waals surface area contributed by atoms with Gasteiger partial charge in [0.1, 0.15) is 5.75 Å². The zero-order valence-corrected chi connectivity index (χ0v) is 28.5.